The number of thioether (sulfide) groups is 1. The van der Waals surface area contributed by atoms with Crippen LogP contribution >= 0.6 is 11.8 Å². The predicted octanol–water partition coefficient (Wildman–Crippen LogP) is 1.47. The monoisotopic (exact) mass is 361 g/mol. The average molecular weight is 361 g/mol. The number of rotatable bonds is 9. The lowest BCUT2D eigenvalue weighted by molar-refractivity contribution is -0.127. The number of aromatic nitrogens is 3. The van der Waals surface area contributed by atoms with Gasteiger partial charge in [-0.25, -0.2) is 0 Å². The van der Waals surface area contributed by atoms with Crippen molar-refractivity contribution in [2.75, 3.05) is 12.8 Å². The summed E-state index contributed by atoms with van der Waals surface area (Å²) in [6.07, 6.45) is 0.695. The summed E-state index contributed by atoms with van der Waals surface area (Å²) in [5.41, 5.74) is 6.27. The van der Waals surface area contributed by atoms with Gasteiger partial charge in [-0.05, 0) is 12.5 Å². The molecule has 0 fully saturated rings. The van der Waals surface area contributed by atoms with E-state index in [1.54, 1.807) is 11.9 Å². The minimum Gasteiger partial charge on any atom is -0.370 e. The maximum Gasteiger partial charge on any atom is 0.233 e. The van der Waals surface area contributed by atoms with E-state index in [1.165, 1.54) is 11.8 Å². The molecule has 0 unspecified atom stereocenters. The third kappa shape index (κ3) is 5.60. The third-order valence-electron chi connectivity index (χ3n) is 3.72. The van der Waals surface area contributed by atoms with Crippen LogP contribution in [0.3, 0.4) is 0 Å². The summed E-state index contributed by atoms with van der Waals surface area (Å²) in [7, 11) is 1.79. The highest BCUT2D eigenvalue weighted by Crippen LogP contribution is 2.18. The number of amides is 2. The Bertz CT molecular complexity index is 717. The van der Waals surface area contributed by atoms with Gasteiger partial charge in [0, 0.05) is 33.0 Å². The number of carbonyl (C=O) groups excluding carboxylic acids is 2. The van der Waals surface area contributed by atoms with Gasteiger partial charge in [0.2, 0.25) is 11.8 Å². The Hall–Kier alpha value is -2.35. The van der Waals surface area contributed by atoms with Gasteiger partial charge < -0.3 is 15.2 Å². The van der Waals surface area contributed by atoms with Crippen LogP contribution in [0.25, 0.3) is 0 Å². The summed E-state index contributed by atoms with van der Waals surface area (Å²) in [5, 5.41) is 8.93. The fraction of sp³-hybridized carbons (Fsp3) is 0.412. The van der Waals surface area contributed by atoms with Crippen molar-refractivity contribution in [1.29, 1.82) is 0 Å². The molecule has 0 saturated heterocycles. The van der Waals surface area contributed by atoms with Crippen LogP contribution < -0.4 is 5.73 Å². The van der Waals surface area contributed by atoms with Crippen LogP contribution in [0, 0.1) is 0 Å². The van der Waals surface area contributed by atoms with E-state index < -0.39 is 0 Å². The van der Waals surface area contributed by atoms with Gasteiger partial charge in [0.1, 0.15) is 5.82 Å². The van der Waals surface area contributed by atoms with Crippen molar-refractivity contribution in [2.45, 2.75) is 38.0 Å². The quantitative estimate of drug-likeness (QED) is 0.683. The van der Waals surface area contributed by atoms with Crippen LogP contribution in [0.15, 0.2) is 35.5 Å². The Morgan fingerprint density at radius 3 is 2.60 bits per heavy atom. The summed E-state index contributed by atoms with van der Waals surface area (Å²) in [6.45, 7) is 3.23. The number of carbonyl (C=O) groups is 2. The van der Waals surface area contributed by atoms with E-state index in [0.29, 0.717) is 30.5 Å². The molecule has 0 saturated carbocycles. The van der Waals surface area contributed by atoms with E-state index in [4.69, 9.17) is 5.73 Å². The minimum atomic E-state index is -0.363. The van der Waals surface area contributed by atoms with E-state index >= 15 is 0 Å². The second kappa shape index (κ2) is 9.22. The minimum absolute atomic E-state index is 0.0261. The molecule has 8 heteroatoms. The first-order chi connectivity index (χ1) is 12.0. The third-order valence-corrected chi connectivity index (χ3v) is 4.67. The van der Waals surface area contributed by atoms with Crippen LogP contribution in [0.1, 0.15) is 24.7 Å². The molecule has 0 aliphatic heterocycles. The predicted molar refractivity (Wildman–Crippen MR) is 96.9 cm³/mol. The Labute approximate surface area is 151 Å². The zero-order valence-corrected chi connectivity index (χ0v) is 15.3. The molecule has 134 valence electrons. The molecular weight excluding hydrogens is 338 g/mol. The van der Waals surface area contributed by atoms with Crippen LogP contribution in [0.5, 0.6) is 0 Å². The number of nitrogens with zero attached hydrogens (tertiary/aromatic N) is 4. The topological polar surface area (TPSA) is 94.1 Å². The van der Waals surface area contributed by atoms with E-state index in [9.17, 15) is 9.59 Å². The second-order valence-electron chi connectivity index (χ2n) is 5.63. The number of hydrogen-bond donors (Lipinski definition) is 1. The van der Waals surface area contributed by atoms with Crippen molar-refractivity contribution in [2.24, 2.45) is 5.73 Å². The molecule has 1 heterocycles. The molecule has 0 spiro atoms. The summed E-state index contributed by atoms with van der Waals surface area (Å²) in [5.74, 6) is 0.668. The lowest BCUT2D eigenvalue weighted by Gasteiger charge is -2.17. The van der Waals surface area contributed by atoms with E-state index in [1.807, 2.05) is 41.8 Å². The normalized spacial score (nSPS) is 10.6. The molecule has 0 aliphatic carbocycles. The fourth-order valence-corrected chi connectivity index (χ4v) is 3.31. The number of primary amides is 1. The van der Waals surface area contributed by atoms with E-state index in [0.717, 1.165) is 5.56 Å². The van der Waals surface area contributed by atoms with Gasteiger partial charge in [0.15, 0.2) is 5.16 Å². The van der Waals surface area contributed by atoms with Crippen LogP contribution in [0.4, 0.5) is 0 Å². The highest BCUT2D eigenvalue weighted by molar-refractivity contribution is 7.99. The van der Waals surface area contributed by atoms with Crippen LogP contribution in [-0.4, -0.2) is 44.3 Å². The molecule has 0 radical (unpaired) electrons. The molecule has 2 rings (SSSR count). The zero-order valence-electron chi connectivity index (χ0n) is 14.5. The van der Waals surface area contributed by atoms with Crippen molar-refractivity contribution in [3.63, 3.8) is 0 Å². The van der Waals surface area contributed by atoms with Crippen molar-refractivity contribution in [3.05, 3.63) is 41.7 Å². The SMILES string of the molecule is CCn1c(CCC(N)=O)nnc1SCC(=O)N(C)Cc1ccccc1. The molecule has 2 N–H and O–H groups in total. The molecule has 1 aromatic carbocycles. The van der Waals surface area contributed by atoms with Crippen molar-refractivity contribution in [3.8, 4) is 0 Å². The first-order valence-electron chi connectivity index (χ1n) is 8.12. The zero-order chi connectivity index (χ0) is 18.2. The Balaban J connectivity index is 1.91. The van der Waals surface area contributed by atoms with Crippen LogP contribution in [-0.2, 0) is 29.1 Å². The molecule has 2 amide bonds. The van der Waals surface area contributed by atoms with Gasteiger partial charge in [-0.15, -0.1) is 10.2 Å². The molecule has 7 nitrogen and oxygen atoms in total. The number of benzene rings is 1. The molecule has 25 heavy (non-hydrogen) atoms. The molecule has 0 bridgehead atoms. The lowest BCUT2D eigenvalue weighted by atomic mass is 10.2. The smallest absolute Gasteiger partial charge is 0.233 e. The van der Waals surface area contributed by atoms with Crippen molar-refractivity contribution in [1.82, 2.24) is 19.7 Å². The van der Waals surface area contributed by atoms with Crippen LogP contribution in [0.2, 0.25) is 0 Å². The van der Waals surface area contributed by atoms with Gasteiger partial charge in [-0.1, -0.05) is 42.1 Å². The fourth-order valence-electron chi connectivity index (χ4n) is 2.35. The first-order valence-corrected chi connectivity index (χ1v) is 9.11. The average Bonchev–Trinajstić information content (AvgIpc) is 3.00. The van der Waals surface area contributed by atoms with Gasteiger partial charge in [0.05, 0.1) is 5.75 Å². The Morgan fingerprint density at radius 1 is 1.24 bits per heavy atom. The highest BCUT2D eigenvalue weighted by Gasteiger charge is 2.15. The van der Waals surface area contributed by atoms with Crippen molar-refractivity contribution < 1.29 is 9.59 Å². The maximum atomic E-state index is 12.3. The summed E-state index contributed by atoms with van der Waals surface area (Å²) >= 11 is 1.36. The molecular formula is C17H23N5O2S. The molecule has 0 aliphatic rings. The van der Waals surface area contributed by atoms with Gasteiger partial charge in [-0.2, -0.15) is 0 Å². The lowest BCUT2D eigenvalue weighted by Crippen LogP contribution is -2.27. The molecule has 1 aromatic heterocycles. The number of aryl methyl sites for hydroxylation is 1. The first kappa shape index (κ1) is 19.0. The Kier molecular flexibility index (Phi) is 7.00. The van der Waals surface area contributed by atoms with E-state index in [-0.39, 0.29) is 24.0 Å². The summed E-state index contributed by atoms with van der Waals surface area (Å²) in [4.78, 5) is 25.0. The number of nitrogens with two attached hydrogens (primary N) is 1. The van der Waals surface area contributed by atoms with E-state index in [2.05, 4.69) is 10.2 Å². The molecule has 2 aromatic rings. The largest absolute Gasteiger partial charge is 0.370 e. The number of hydrogen-bond acceptors (Lipinski definition) is 5. The summed E-state index contributed by atoms with van der Waals surface area (Å²) < 4.78 is 1.91. The highest BCUT2D eigenvalue weighted by atomic mass is 32.2. The molecule has 0 atom stereocenters. The summed E-state index contributed by atoms with van der Waals surface area (Å²) in [6, 6.07) is 9.86. The van der Waals surface area contributed by atoms with Gasteiger partial charge in [0.25, 0.3) is 0 Å². The van der Waals surface area contributed by atoms with Gasteiger partial charge in [-0.3, -0.25) is 9.59 Å². The van der Waals surface area contributed by atoms with Crippen molar-refractivity contribution >= 4 is 23.6 Å². The van der Waals surface area contributed by atoms with Gasteiger partial charge >= 0.3 is 0 Å². The second-order valence-corrected chi connectivity index (χ2v) is 6.58. The Morgan fingerprint density at radius 2 is 1.96 bits per heavy atom. The maximum absolute atomic E-state index is 12.3. The standard InChI is InChI=1S/C17H23N5O2S/c1-3-22-15(10-9-14(18)23)19-20-17(22)25-12-16(24)21(2)11-13-7-5-4-6-8-13/h4-8H,3,9-12H2,1-2H3,(H2,18,23).